The van der Waals surface area contributed by atoms with Gasteiger partial charge in [0.25, 0.3) is 11.8 Å². The molecule has 2 aliphatic heterocycles. The third-order valence-corrected chi connectivity index (χ3v) is 6.86. The second-order valence-electron chi connectivity index (χ2n) is 9.21. The molecule has 2 fully saturated rings. The van der Waals surface area contributed by atoms with E-state index in [0.717, 1.165) is 53.7 Å². The van der Waals surface area contributed by atoms with Crippen LogP contribution in [0.1, 0.15) is 23.2 Å². The van der Waals surface area contributed by atoms with Crippen LogP contribution in [0, 0.1) is 0 Å². The van der Waals surface area contributed by atoms with Crippen LogP contribution < -0.4 is 11.1 Å². The zero-order valence-corrected chi connectivity index (χ0v) is 19.9. The molecule has 1 atom stereocenters. The van der Waals surface area contributed by atoms with Crippen molar-refractivity contribution in [2.24, 2.45) is 7.05 Å². The molecule has 2 amide bonds. The van der Waals surface area contributed by atoms with Gasteiger partial charge in [0.2, 0.25) is 0 Å². The molecule has 9 nitrogen and oxygen atoms in total. The highest BCUT2D eigenvalue weighted by molar-refractivity contribution is 6.08. The summed E-state index contributed by atoms with van der Waals surface area (Å²) in [6.07, 6.45) is 3.22. The van der Waals surface area contributed by atoms with E-state index in [1.807, 2.05) is 65.0 Å². The minimum Gasteiger partial charge on any atom is -0.383 e. The highest BCUT2D eigenvalue weighted by atomic mass is 16.6. The molecule has 0 bridgehead atoms. The van der Waals surface area contributed by atoms with Crippen LogP contribution in [-0.2, 0) is 16.6 Å². The molecule has 4 heterocycles. The molecule has 6 rings (SSSR count). The van der Waals surface area contributed by atoms with Crippen molar-refractivity contribution in [3.63, 3.8) is 0 Å². The number of aromatic nitrogens is 3. The van der Waals surface area contributed by atoms with Crippen molar-refractivity contribution < 1.29 is 14.3 Å². The maximum Gasteiger partial charge on any atom is 0.255 e. The summed E-state index contributed by atoms with van der Waals surface area (Å²) >= 11 is 0. The van der Waals surface area contributed by atoms with Gasteiger partial charge in [0, 0.05) is 37.0 Å². The molecule has 0 aliphatic carbocycles. The number of carbonyl (C=O) groups is 2. The van der Waals surface area contributed by atoms with Crippen molar-refractivity contribution in [1.29, 1.82) is 0 Å². The molecule has 0 radical (unpaired) electrons. The summed E-state index contributed by atoms with van der Waals surface area (Å²) in [5, 5.41) is 3.63. The van der Waals surface area contributed by atoms with E-state index in [4.69, 9.17) is 10.5 Å². The van der Waals surface area contributed by atoms with Crippen LogP contribution in [0.15, 0.2) is 54.9 Å². The number of carbonyl (C=O) groups excluding carboxylic acids is 2. The molecule has 2 saturated heterocycles. The normalized spacial score (nSPS) is 16.9. The number of anilines is 2. The van der Waals surface area contributed by atoms with Gasteiger partial charge in [0.1, 0.15) is 17.8 Å². The number of nitrogens with zero attached hydrogens (tertiary/aromatic N) is 4. The van der Waals surface area contributed by atoms with Crippen molar-refractivity contribution in [1.82, 2.24) is 19.4 Å². The highest BCUT2D eigenvalue weighted by Gasteiger charge is 2.31. The van der Waals surface area contributed by atoms with Gasteiger partial charge in [-0.15, -0.1) is 0 Å². The van der Waals surface area contributed by atoms with Crippen LogP contribution >= 0.6 is 0 Å². The van der Waals surface area contributed by atoms with Gasteiger partial charge < -0.3 is 25.3 Å². The first-order chi connectivity index (χ1) is 17.5. The van der Waals surface area contributed by atoms with E-state index in [2.05, 4.69) is 15.3 Å². The van der Waals surface area contributed by atoms with Gasteiger partial charge in [-0.05, 0) is 48.2 Å². The number of amides is 2. The number of ether oxygens (including phenoxy) is 1. The third kappa shape index (κ3) is 3.87. The number of nitrogen functional groups attached to an aromatic ring is 1. The fraction of sp³-hybridized carbons (Fsp3) is 0.259. The second kappa shape index (κ2) is 8.76. The molecule has 4 aromatic rings. The quantitative estimate of drug-likeness (QED) is 0.421. The summed E-state index contributed by atoms with van der Waals surface area (Å²) in [4.78, 5) is 35.5. The molecular weight excluding hydrogens is 456 g/mol. The first kappa shape index (κ1) is 22.2. The molecule has 0 unspecified atom stereocenters. The summed E-state index contributed by atoms with van der Waals surface area (Å²) in [5.41, 5.74) is 12.1. The van der Waals surface area contributed by atoms with Gasteiger partial charge >= 0.3 is 0 Å². The zero-order chi connectivity index (χ0) is 24.8. The summed E-state index contributed by atoms with van der Waals surface area (Å²) in [7, 11) is 1.94. The fourth-order valence-corrected chi connectivity index (χ4v) is 4.91. The molecule has 9 heteroatoms. The molecular formula is C27H26N6O3. The summed E-state index contributed by atoms with van der Waals surface area (Å²) in [5.74, 6) is 0.316. The number of rotatable bonds is 5. The van der Waals surface area contributed by atoms with Gasteiger partial charge in [0.15, 0.2) is 6.10 Å². The first-order valence-corrected chi connectivity index (χ1v) is 12.0. The largest absolute Gasteiger partial charge is 0.383 e. The van der Waals surface area contributed by atoms with Crippen molar-refractivity contribution in [3.8, 4) is 22.4 Å². The molecule has 2 aliphatic rings. The molecule has 36 heavy (non-hydrogen) atoms. The lowest BCUT2D eigenvalue weighted by Gasteiger charge is -2.15. The number of epoxide rings is 1. The van der Waals surface area contributed by atoms with Crippen LogP contribution in [0.2, 0.25) is 0 Å². The summed E-state index contributed by atoms with van der Waals surface area (Å²) in [6, 6.07) is 15.3. The lowest BCUT2D eigenvalue weighted by atomic mass is 9.97. The smallest absolute Gasteiger partial charge is 0.255 e. The number of nitrogens with two attached hydrogens (primary N) is 1. The van der Waals surface area contributed by atoms with Crippen molar-refractivity contribution in [2.45, 2.75) is 18.9 Å². The van der Waals surface area contributed by atoms with Gasteiger partial charge in [-0.1, -0.05) is 24.3 Å². The first-order valence-electron chi connectivity index (χ1n) is 12.0. The number of aryl methyl sites for hydroxylation is 1. The monoisotopic (exact) mass is 482 g/mol. The van der Waals surface area contributed by atoms with Crippen molar-refractivity contribution in [2.75, 3.05) is 30.7 Å². The number of hydrogen-bond donors (Lipinski definition) is 2. The average Bonchev–Trinajstić information content (AvgIpc) is 3.52. The Morgan fingerprint density at radius 2 is 1.67 bits per heavy atom. The highest BCUT2D eigenvalue weighted by Crippen LogP contribution is 2.41. The van der Waals surface area contributed by atoms with Gasteiger partial charge in [-0.3, -0.25) is 9.59 Å². The van der Waals surface area contributed by atoms with E-state index >= 15 is 0 Å². The second-order valence-corrected chi connectivity index (χ2v) is 9.21. The van der Waals surface area contributed by atoms with E-state index in [1.165, 1.54) is 6.33 Å². The maximum atomic E-state index is 12.9. The molecule has 3 N–H and O–H groups in total. The number of benzene rings is 2. The Morgan fingerprint density at radius 3 is 2.33 bits per heavy atom. The van der Waals surface area contributed by atoms with Crippen LogP contribution in [0.3, 0.4) is 0 Å². The predicted molar refractivity (Wildman–Crippen MR) is 137 cm³/mol. The summed E-state index contributed by atoms with van der Waals surface area (Å²) in [6.45, 7) is 2.09. The lowest BCUT2D eigenvalue weighted by Crippen LogP contribution is -2.27. The topological polar surface area (TPSA) is 119 Å². The van der Waals surface area contributed by atoms with E-state index in [9.17, 15) is 9.59 Å². The van der Waals surface area contributed by atoms with Crippen LogP contribution in [0.5, 0.6) is 0 Å². The Bertz CT molecular complexity index is 1470. The Hall–Kier alpha value is -4.24. The Morgan fingerprint density at radius 1 is 1.00 bits per heavy atom. The standard InChI is InChI=1S/C27H26N6O3/c1-32-23(17-8-10-19(11-9-17)31-26(34)20-14-36-20)21(22-24(28)29-15-30-25(22)32)16-4-6-18(7-5-16)27(35)33-12-2-3-13-33/h4-11,15,20H,2-3,12-14H2,1H3,(H,31,34)(H2,28,29,30)/t20-/m1/s1. The fourth-order valence-electron chi connectivity index (χ4n) is 4.91. The average molecular weight is 483 g/mol. The zero-order valence-electron chi connectivity index (χ0n) is 19.9. The minimum atomic E-state index is -0.351. The Kier molecular flexibility index (Phi) is 5.41. The SMILES string of the molecule is Cn1c(-c2ccc(NC(=O)[C@H]3CO3)cc2)c(-c2ccc(C(=O)N3CCCC3)cc2)c2c(N)ncnc21. The predicted octanol–water partition coefficient (Wildman–Crippen LogP) is 3.46. The van der Waals surface area contributed by atoms with E-state index < -0.39 is 0 Å². The Labute approximate surface area is 207 Å². The molecule has 2 aromatic heterocycles. The molecule has 0 saturated carbocycles. The summed E-state index contributed by atoms with van der Waals surface area (Å²) < 4.78 is 7.05. The maximum absolute atomic E-state index is 12.9. The van der Waals surface area contributed by atoms with E-state index in [1.54, 1.807) is 0 Å². The number of likely N-dealkylation sites (tertiary alicyclic amines) is 1. The lowest BCUT2D eigenvalue weighted by molar-refractivity contribution is -0.117. The van der Waals surface area contributed by atoms with E-state index in [0.29, 0.717) is 29.3 Å². The number of fused-ring (bicyclic) bond motifs is 1. The van der Waals surface area contributed by atoms with Gasteiger partial charge in [-0.25, -0.2) is 9.97 Å². The number of hydrogen-bond acceptors (Lipinski definition) is 6. The minimum absolute atomic E-state index is 0.0641. The molecule has 2 aromatic carbocycles. The van der Waals surface area contributed by atoms with Crippen LogP contribution in [0.25, 0.3) is 33.4 Å². The number of nitrogens with one attached hydrogen (secondary N) is 1. The van der Waals surface area contributed by atoms with Crippen molar-refractivity contribution >= 4 is 34.4 Å². The van der Waals surface area contributed by atoms with E-state index in [-0.39, 0.29) is 17.9 Å². The molecule has 182 valence electrons. The Balaban J connectivity index is 1.41. The molecule has 0 spiro atoms. The van der Waals surface area contributed by atoms with Crippen molar-refractivity contribution in [3.05, 3.63) is 60.4 Å². The van der Waals surface area contributed by atoms with Crippen LogP contribution in [0.4, 0.5) is 11.5 Å². The third-order valence-electron chi connectivity index (χ3n) is 6.86. The van der Waals surface area contributed by atoms with Gasteiger partial charge in [-0.2, -0.15) is 0 Å². The van der Waals surface area contributed by atoms with Crippen LogP contribution in [-0.4, -0.2) is 57.0 Å². The van der Waals surface area contributed by atoms with Gasteiger partial charge in [0.05, 0.1) is 17.7 Å².